The second kappa shape index (κ2) is 11.6. The largest absolute Gasteiger partial charge is 0.483 e. The van der Waals surface area contributed by atoms with Crippen molar-refractivity contribution >= 4 is 27.5 Å². The van der Waals surface area contributed by atoms with Gasteiger partial charge in [0.25, 0.3) is 0 Å². The Kier molecular flexibility index (Phi) is 8.92. The molecule has 0 radical (unpaired) electrons. The molecule has 1 amide bonds. The van der Waals surface area contributed by atoms with Crippen LogP contribution >= 0.6 is 11.8 Å². The zero-order chi connectivity index (χ0) is 23.0. The molecule has 11 heteroatoms. The predicted molar refractivity (Wildman–Crippen MR) is 121 cm³/mol. The molecule has 1 atom stereocenters. The summed E-state index contributed by atoms with van der Waals surface area (Å²) in [5.41, 5.74) is 0. The summed E-state index contributed by atoms with van der Waals surface area (Å²) in [6.07, 6.45) is 4.67. The maximum atomic E-state index is 13.9. The fourth-order valence-electron chi connectivity index (χ4n) is 3.47. The lowest BCUT2D eigenvalue weighted by atomic mass is 10.2. The van der Waals surface area contributed by atoms with E-state index in [-0.39, 0.29) is 41.6 Å². The summed E-state index contributed by atoms with van der Waals surface area (Å²) in [7, 11) is -3.05. The standard InChI is InChI=1S/C21H29FN4O4S2/c1-2-3-4-7-11-26-19(13-30-18-9-6-5-8-17(18)22)24-25-21(26)31-14-20(27)23-16-10-12-32(28,29)15-16/h5-6,8-9,16H,2-4,7,10-15H2,1H3,(H,23,27). The molecule has 3 rings (SSSR count). The number of thioether (sulfide) groups is 1. The minimum absolute atomic E-state index is 0.00541. The highest BCUT2D eigenvalue weighted by Crippen LogP contribution is 2.21. The highest BCUT2D eigenvalue weighted by molar-refractivity contribution is 7.99. The number of hydrogen-bond donors (Lipinski definition) is 1. The summed E-state index contributed by atoms with van der Waals surface area (Å²) in [5, 5.41) is 11.8. The molecule has 0 bridgehead atoms. The summed E-state index contributed by atoms with van der Waals surface area (Å²) in [6, 6.07) is 5.85. The number of nitrogens with one attached hydrogen (secondary N) is 1. The molecule has 1 aliphatic rings. The topological polar surface area (TPSA) is 103 Å². The van der Waals surface area contributed by atoms with E-state index >= 15 is 0 Å². The molecule has 1 unspecified atom stereocenters. The van der Waals surface area contributed by atoms with Gasteiger partial charge in [0.2, 0.25) is 5.91 Å². The highest BCUT2D eigenvalue weighted by atomic mass is 32.2. The van der Waals surface area contributed by atoms with Gasteiger partial charge in [-0.15, -0.1) is 10.2 Å². The smallest absolute Gasteiger partial charge is 0.230 e. The van der Waals surface area contributed by atoms with Crippen molar-refractivity contribution in [3.05, 3.63) is 35.9 Å². The fraction of sp³-hybridized carbons (Fsp3) is 0.571. The Hall–Kier alpha value is -2.14. The molecule has 1 aromatic heterocycles. The number of para-hydroxylation sites is 1. The van der Waals surface area contributed by atoms with E-state index < -0.39 is 15.7 Å². The number of nitrogens with zero attached hydrogens (tertiary/aromatic N) is 3. The number of ether oxygens (including phenoxy) is 1. The number of hydrogen-bond acceptors (Lipinski definition) is 7. The lowest BCUT2D eigenvalue weighted by Gasteiger charge is -2.12. The zero-order valence-electron chi connectivity index (χ0n) is 18.1. The third kappa shape index (κ3) is 7.19. The first-order chi connectivity index (χ1) is 15.4. The number of rotatable bonds is 12. The highest BCUT2D eigenvalue weighted by Gasteiger charge is 2.29. The molecule has 1 fully saturated rings. The Morgan fingerprint density at radius 2 is 2.09 bits per heavy atom. The number of unbranched alkanes of at least 4 members (excludes halogenated alkanes) is 3. The Morgan fingerprint density at radius 1 is 1.28 bits per heavy atom. The van der Waals surface area contributed by atoms with Crippen LogP contribution < -0.4 is 10.1 Å². The van der Waals surface area contributed by atoms with E-state index in [0.29, 0.717) is 23.9 Å². The normalized spacial score (nSPS) is 17.4. The summed E-state index contributed by atoms with van der Waals surface area (Å²) < 4.78 is 44.5. The quantitative estimate of drug-likeness (QED) is 0.365. The van der Waals surface area contributed by atoms with Crippen molar-refractivity contribution in [3.8, 4) is 5.75 Å². The van der Waals surface area contributed by atoms with Crippen molar-refractivity contribution in [2.75, 3.05) is 17.3 Å². The van der Waals surface area contributed by atoms with Gasteiger partial charge in [0.05, 0.1) is 17.3 Å². The lowest BCUT2D eigenvalue weighted by molar-refractivity contribution is -0.119. The molecule has 2 aromatic rings. The number of amides is 1. The van der Waals surface area contributed by atoms with Crippen LogP contribution in [0.25, 0.3) is 0 Å². The monoisotopic (exact) mass is 484 g/mol. The minimum atomic E-state index is -3.05. The summed E-state index contributed by atoms with van der Waals surface area (Å²) in [5.74, 6) is 0.251. The Labute approximate surface area is 192 Å². The number of carbonyl (C=O) groups is 1. The van der Waals surface area contributed by atoms with Crippen molar-refractivity contribution in [1.29, 1.82) is 0 Å². The first-order valence-electron chi connectivity index (χ1n) is 10.8. The van der Waals surface area contributed by atoms with Gasteiger partial charge in [-0.1, -0.05) is 50.1 Å². The molecule has 1 aromatic carbocycles. The van der Waals surface area contributed by atoms with Gasteiger partial charge in [0.15, 0.2) is 32.4 Å². The summed E-state index contributed by atoms with van der Waals surface area (Å²) in [4.78, 5) is 12.3. The van der Waals surface area contributed by atoms with Crippen LogP contribution in [0.15, 0.2) is 29.4 Å². The Bertz CT molecular complexity index is 1010. The van der Waals surface area contributed by atoms with E-state index in [1.165, 1.54) is 17.8 Å². The Morgan fingerprint density at radius 3 is 2.81 bits per heavy atom. The van der Waals surface area contributed by atoms with Crippen LogP contribution in [0.2, 0.25) is 0 Å². The van der Waals surface area contributed by atoms with E-state index in [9.17, 15) is 17.6 Å². The van der Waals surface area contributed by atoms with Crippen LogP contribution in [0.5, 0.6) is 5.75 Å². The predicted octanol–water partition coefficient (Wildman–Crippen LogP) is 2.97. The Balaban J connectivity index is 1.60. The first kappa shape index (κ1) is 24.5. The molecule has 1 saturated heterocycles. The molecule has 0 saturated carbocycles. The third-order valence-electron chi connectivity index (χ3n) is 5.15. The summed E-state index contributed by atoms with van der Waals surface area (Å²) >= 11 is 1.25. The van der Waals surface area contributed by atoms with Gasteiger partial charge >= 0.3 is 0 Å². The van der Waals surface area contributed by atoms with Gasteiger partial charge in [-0.2, -0.15) is 0 Å². The van der Waals surface area contributed by atoms with Crippen molar-refractivity contribution in [2.45, 2.75) is 63.4 Å². The van der Waals surface area contributed by atoms with Gasteiger partial charge in [0.1, 0.15) is 6.61 Å². The number of benzene rings is 1. The molecular weight excluding hydrogens is 455 g/mol. The van der Waals surface area contributed by atoms with E-state index in [4.69, 9.17) is 4.74 Å². The molecule has 0 aliphatic carbocycles. The SMILES string of the molecule is CCCCCCn1c(COc2ccccc2F)nnc1SCC(=O)NC1CCS(=O)(=O)C1. The van der Waals surface area contributed by atoms with Crippen LogP contribution in [0.4, 0.5) is 4.39 Å². The van der Waals surface area contributed by atoms with Crippen molar-refractivity contribution in [2.24, 2.45) is 0 Å². The van der Waals surface area contributed by atoms with Gasteiger partial charge in [-0.25, -0.2) is 12.8 Å². The van der Waals surface area contributed by atoms with E-state index in [2.05, 4.69) is 22.4 Å². The van der Waals surface area contributed by atoms with E-state index in [0.717, 1.165) is 25.7 Å². The maximum absolute atomic E-state index is 13.9. The van der Waals surface area contributed by atoms with Crippen LogP contribution in [0.1, 0.15) is 44.9 Å². The van der Waals surface area contributed by atoms with Crippen molar-refractivity contribution < 1.29 is 22.3 Å². The fourth-order valence-corrected chi connectivity index (χ4v) is 5.93. The minimum Gasteiger partial charge on any atom is -0.483 e. The van der Waals surface area contributed by atoms with E-state index in [1.54, 1.807) is 18.2 Å². The average molecular weight is 485 g/mol. The first-order valence-corrected chi connectivity index (χ1v) is 13.6. The average Bonchev–Trinajstić information content (AvgIpc) is 3.30. The molecule has 2 heterocycles. The number of sulfone groups is 1. The number of carbonyl (C=O) groups excluding carboxylic acids is 1. The molecule has 8 nitrogen and oxygen atoms in total. The number of halogens is 1. The van der Waals surface area contributed by atoms with Gasteiger partial charge in [-0.05, 0) is 25.0 Å². The van der Waals surface area contributed by atoms with Gasteiger partial charge in [0, 0.05) is 12.6 Å². The number of aromatic nitrogens is 3. The molecule has 0 spiro atoms. The van der Waals surface area contributed by atoms with Gasteiger partial charge in [-0.3, -0.25) is 4.79 Å². The third-order valence-corrected chi connectivity index (χ3v) is 7.89. The summed E-state index contributed by atoms with van der Waals surface area (Å²) in [6.45, 7) is 2.88. The van der Waals surface area contributed by atoms with Crippen LogP contribution in [-0.2, 0) is 27.8 Å². The zero-order valence-corrected chi connectivity index (χ0v) is 19.8. The van der Waals surface area contributed by atoms with Crippen LogP contribution in [-0.4, -0.2) is 52.4 Å². The van der Waals surface area contributed by atoms with Crippen LogP contribution in [0.3, 0.4) is 0 Å². The second-order valence-electron chi connectivity index (χ2n) is 7.79. The van der Waals surface area contributed by atoms with Crippen molar-refractivity contribution in [3.63, 3.8) is 0 Å². The second-order valence-corrected chi connectivity index (χ2v) is 11.0. The molecule has 32 heavy (non-hydrogen) atoms. The maximum Gasteiger partial charge on any atom is 0.230 e. The van der Waals surface area contributed by atoms with Crippen LogP contribution in [0, 0.1) is 5.82 Å². The van der Waals surface area contributed by atoms with Gasteiger partial charge < -0.3 is 14.6 Å². The lowest BCUT2D eigenvalue weighted by Crippen LogP contribution is -2.36. The van der Waals surface area contributed by atoms with E-state index in [1.807, 2.05) is 4.57 Å². The molecule has 176 valence electrons. The van der Waals surface area contributed by atoms with Crippen molar-refractivity contribution in [1.82, 2.24) is 20.1 Å². The molecule has 1 aliphatic heterocycles. The molecule has 1 N–H and O–H groups in total. The molecular formula is C21H29FN4O4S2.